The lowest BCUT2D eigenvalue weighted by Crippen LogP contribution is -2.22. The molecular weight excluding hydrogens is 401 g/mol. The van der Waals surface area contributed by atoms with Crippen molar-refractivity contribution < 1.29 is 25.8 Å². The first-order valence-corrected chi connectivity index (χ1v) is 11.2. The van der Waals surface area contributed by atoms with Crippen LogP contribution in [0.2, 0.25) is 0 Å². The van der Waals surface area contributed by atoms with Crippen LogP contribution in [0.5, 0.6) is 0 Å². The van der Waals surface area contributed by atoms with E-state index in [4.69, 9.17) is 32.1 Å². The third-order valence-electron chi connectivity index (χ3n) is 3.17. The standard InChI is InChI=1S/C13H15Cl2NO6S2/c1-23(17,18)9-5-3-8(4-6-9)11-10(7-21-24(2,19)20)16-13(22-11)12(14)15/h3-6,10-12H,7H2,1-2H3/t10-,11?/m1/s1. The first-order valence-electron chi connectivity index (χ1n) is 6.64. The number of sulfone groups is 1. The molecule has 1 heterocycles. The van der Waals surface area contributed by atoms with Gasteiger partial charge in [0.1, 0.15) is 12.1 Å². The second-order valence-corrected chi connectivity index (χ2v) is 9.96. The van der Waals surface area contributed by atoms with Gasteiger partial charge in [-0.15, -0.1) is 0 Å². The van der Waals surface area contributed by atoms with Crippen LogP contribution < -0.4 is 0 Å². The van der Waals surface area contributed by atoms with Crippen molar-refractivity contribution in [2.45, 2.75) is 21.9 Å². The minimum absolute atomic E-state index is 0.0534. The summed E-state index contributed by atoms with van der Waals surface area (Å²) in [5.74, 6) is 0.0534. The summed E-state index contributed by atoms with van der Waals surface area (Å²) in [6, 6.07) is 5.30. The number of benzene rings is 1. The van der Waals surface area contributed by atoms with E-state index in [0.717, 1.165) is 12.5 Å². The smallest absolute Gasteiger partial charge is 0.264 e. The fourth-order valence-electron chi connectivity index (χ4n) is 2.09. The average Bonchev–Trinajstić information content (AvgIpc) is 2.88. The Morgan fingerprint density at radius 3 is 2.21 bits per heavy atom. The van der Waals surface area contributed by atoms with E-state index in [2.05, 4.69) is 4.99 Å². The van der Waals surface area contributed by atoms with E-state index in [-0.39, 0.29) is 17.4 Å². The molecule has 0 fully saturated rings. The fourth-order valence-corrected chi connectivity index (χ4v) is 3.32. The first kappa shape index (κ1) is 19.5. The quantitative estimate of drug-likeness (QED) is 0.517. The third kappa shape index (κ3) is 5.06. The Kier molecular flexibility index (Phi) is 5.81. The topological polar surface area (TPSA) is 99.1 Å². The molecule has 7 nitrogen and oxygen atoms in total. The number of rotatable bonds is 6. The van der Waals surface area contributed by atoms with Crippen LogP contribution >= 0.6 is 23.2 Å². The van der Waals surface area contributed by atoms with Gasteiger partial charge in [0.2, 0.25) is 5.90 Å². The van der Waals surface area contributed by atoms with E-state index >= 15 is 0 Å². The van der Waals surface area contributed by atoms with Crippen LogP contribution in [-0.2, 0) is 28.9 Å². The number of alkyl halides is 2. The van der Waals surface area contributed by atoms with Crippen LogP contribution in [0.25, 0.3) is 0 Å². The van der Waals surface area contributed by atoms with Gasteiger partial charge in [-0.05, 0) is 17.7 Å². The van der Waals surface area contributed by atoms with Gasteiger partial charge < -0.3 is 4.74 Å². The summed E-state index contributed by atoms with van der Waals surface area (Å²) in [4.78, 5) is 3.29. The zero-order valence-corrected chi connectivity index (χ0v) is 15.9. The number of hydrogen-bond acceptors (Lipinski definition) is 7. The summed E-state index contributed by atoms with van der Waals surface area (Å²) in [5.41, 5.74) is 0.595. The van der Waals surface area contributed by atoms with Crippen molar-refractivity contribution >= 4 is 49.1 Å². The lowest BCUT2D eigenvalue weighted by atomic mass is 10.0. The molecule has 0 spiro atoms. The highest BCUT2D eigenvalue weighted by Crippen LogP contribution is 2.32. The zero-order chi connectivity index (χ0) is 18.1. The molecule has 1 unspecified atom stereocenters. The molecule has 0 amide bonds. The second kappa shape index (κ2) is 7.17. The maximum Gasteiger partial charge on any atom is 0.264 e. The maximum atomic E-state index is 11.5. The van der Waals surface area contributed by atoms with E-state index < -0.39 is 36.9 Å². The van der Waals surface area contributed by atoms with Gasteiger partial charge in [-0.25, -0.2) is 13.4 Å². The summed E-state index contributed by atoms with van der Waals surface area (Å²) in [5, 5.41) is 0. The van der Waals surface area contributed by atoms with Gasteiger partial charge in [0.05, 0.1) is 17.8 Å². The number of halogens is 2. The van der Waals surface area contributed by atoms with Crippen LogP contribution in [-0.4, -0.2) is 52.7 Å². The number of nitrogens with zero attached hydrogens (tertiary/aromatic N) is 1. The third-order valence-corrected chi connectivity index (χ3v) is 5.23. The summed E-state index contributed by atoms with van der Waals surface area (Å²) in [6.45, 7) is -0.249. The summed E-state index contributed by atoms with van der Waals surface area (Å²) in [6.07, 6.45) is 1.34. The Bertz CT molecular complexity index is 834. The average molecular weight is 416 g/mol. The molecule has 0 N–H and O–H groups in total. The molecule has 134 valence electrons. The van der Waals surface area contributed by atoms with Gasteiger partial charge in [0.25, 0.3) is 10.1 Å². The van der Waals surface area contributed by atoms with Crippen LogP contribution in [0, 0.1) is 0 Å². The predicted molar refractivity (Wildman–Crippen MR) is 90.9 cm³/mol. The lowest BCUT2D eigenvalue weighted by molar-refractivity contribution is 0.161. The van der Waals surface area contributed by atoms with E-state index in [0.29, 0.717) is 5.56 Å². The normalized spacial score (nSPS) is 21.6. The van der Waals surface area contributed by atoms with Gasteiger partial charge in [-0.1, -0.05) is 35.3 Å². The van der Waals surface area contributed by atoms with Crippen molar-refractivity contribution in [1.29, 1.82) is 0 Å². The molecule has 0 aliphatic carbocycles. The molecular formula is C13H15Cl2NO6S2. The molecule has 1 aliphatic rings. The lowest BCUT2D eigenvalue weighted by Gasteiger charge is -2.18. The highest BCUT2D eigenvalue weighted by atomic mass is 35.5. The van der Waals surface area contributed by atoms with E-state index in [1.54, 1.807) is 12.1 Å². The summed E-state index contributed by atoms with van der Waals surface area (Å²) < 4.78 is 55.7. The summed E-state index contributed by atoms with van der Waals surface area (Å²) >= 11 is 11.5. The van der Waals surface area contributed by atoms with Crippen molar-refractivity contribution in [2.24, 2.45) is 4.99 Å². The number of hydrogen-bond donors (Lipinski definition) is 0. The number of ether oxygens (including phenoxy) is 1. The van der Waals surface area contributed by atoms with Gasteiger partial charge in [-0.3, -0.25) is 4.18 Å². The Morgan fingerprint density at radius 1 is 1.17 bits per heavy atom. The van der Waals surface area contributed by atoms with Gasteiger partial charge >= 0.3 is 0 Å². The summed E-state index contributed by atoms with van der Waals surface area (Å²) in [7, 11) is -6.98. The molecule has 24 heavy (non-hydrogen) atoms. The molecule has 1 aromatic rings. The molecule has 0 aromatic heterocycles. The van der Waals surface area contributed by atoms with Crippen molar-refractivity contribution in [2.75, 3.05) is 19.1 Å². The minimum Gasteiger partial charge on any atom is -0.468 e. The van der Waals surface area contributed by atoms with Crippen LogP contribution in [0.1, 0.15) is 11.7 Å². The van der Waals surface area contributed by atoms with Crippen molar-refractivity contribution in [1.82, 2.24) is 0 Å². The molecule has 2 rings (SSSR count). The molecule has 1 aromatic carbocycles. The monoisotopic (exact) mass is 415 g/mol. The minimum atomic E-state index is -3.65. The largest absolute Gasteiger partial charge is 0.468 e. The SMILES string of the molecule is CS(=O)(=O)OC[C@H]1N=C(C(Cl)Cl)OC1c1ccc(S(C)(=O)=O)cc1. The van der Waals surface area contributed by atoms with E-state index in [1.807, 2.05) is 0 Å². The second-order valence-electron chi connectivity index (χ2n) is 5.20. The predicted octanol–water partition coefficient (Wildman–Crippen LogP) is 1.71. The van der Waals surface area contributed by atoms with Crippen LogP contribution in [0.4, 0.5) is 0 Å². The Balaban J connectivity index is 2.26. The highest BCUT2D eigenvalue weighted by Gasteiger charge is 2.35. The van der Waals surface area contributed by atoms with Gasteiger partial charge in [0.15, 0.2) is 14.7 Å². The Morgan fingerprint density at radius 2 is 1.75 bits per heavy atom. The van der Waals surface area contributed by atoms with E-state index in [9.17, 15) is 16.8 Å². The van der Waals surface area contributed by atoms with Crippen molar-refractivity contribution in [3.8, 4) is 0 Å². The molecule has 0 saturated carbocycles. The molecule has 0 radical (unpaired) electrons. The molecule has 11 heteroatoms. The number of aliphatic imine (C=N–C) groups is 1. The molecule has 0 saturated heterocycles. The van der Waals surface area contributed by atoms with Crippen molar-refractivity contribution in [3.63, 3.8) is 0 Å². The first-order chi connectivity index (χ1) is 11.0. The fraction of sp³-hybridized carbons (Fsp3) is 0.462. The maximum absolute atomic E-state index is 11.5. The van der Waals surface area contributed by atoms with Crippen molar-refractivity contribution in [3.05, 3.63) is 29.8 Å². The molecule has 0 bridgehead atoms. The van der Waals surface area contributed by atoms with E-state index in [1.165, 1.54) is 12.1 Å². The van der Waals surface area contributed by atoms with Gasteiger partial charge in [-0.2, -0.15) is 8.42 Å². The highest BCUT2D eigenvalue weighted by molar-refractivity contribution is 7.90. The van der Waals surface area contributed by atoms with Crippen LogP contribution in [0.15, 0.2) is 34.2 Å². The molecule has 2 atom stereocenters. The Hall–Kier alpha value is -0.870. The van der Waals surface area contributed by atoms with Crippen LogP contribution in [0.3, 0.4) is 0 Å². The molecule has 1 aliphatic heterocycles. The Labute approximate surface area is 150 Å². The van der Waals surface area contributed by atoms with Gasteiger partial charge in [0, 0.05) is 6.26 Å². The zero-order valence-electron chi connectivity index (χ0n) is 12.7.